The van der Waals surface area contributed by atoms with E-state index in [0.717, 1.165) is 97.2 Å². The van der Waals surface area contributed by atoms with Crippen LogP contribution in [0.2, 0.25) is 0 Å². The van der Waals surface area contributed by atoms with Gasteiger partial charge in [0.2, 0.25) is 0 Å². The maximum Gasteiger partial charge on any atom is 0.145 e. The van der Waals surface area contributed by atoms with Gasteiger partial charge in [0, 0.05) is 51.4 Å². The van der Waals surface area contributed by atoms with Gasteiger partial charge in [-0.25, -0.2) is 0 Å². The van der Waals surface area contributed by atoms with Crippen LogP contribution in [0.4, 0.5) is 17.1 Å². The van der Waals surface area contributed by atoms with Gasteiger partial charge >= 0.3 is 0 Å². The first-order valence-corrected chi connectivity index (χ1v) is 18.3. The molecule has 1 unspecified atom stereocenters. The minimum Gasteiger partial charge on any atom is -0.507 e. The number of anilines is 3. The highest BCUT2D eigenvalue weighted by molar-refractivity contribution is 6.11. The number of para-hydroxylation sites is 2. The van der Waals surface area contributed by atoms with E-state index < -0.39 is 0 Å². The van der Waals surface area contributed by atoms with Crippen LogP contribution >= 0.6 is 0 Å². The lowest BCUT2D eigenvalue weighted by Crippen LogP contribution is -2.22. The van der Waals surface area contributed by atoms with Crippen LogP contribution in [0, 0.1) is 5.92 Å². The van der Waals surface area contributed by atoms with Crippen LogP contribution in [0.15, 0.2) is 186 Å². The number of phenols is 1. The molecule has 9 rings (SSSR count). The number of fused-ring (bicyclic) bond motifs is 5. The summed E-state index contributed by atoms with van der Waals surface area (Å²) >= 11 is 0. The number of allylic oxidation sites excluding steroid dienone is 9. The van der Waals surface area contributed by atoms with Gasteiger partial charge in [0.25, 0.3) is 0 Å². The zero-order valence-electron chi connectivity index (χ0n) is 29.8. The highest BCUT2D eigenvalue weighted by Crippen LogP contribution is 2.45. The molecule has 6 aromatic rings. The molecule has 4 nitrogen and oxygen atoms in total. The van der Waals surface area contributed by atoms with Gasteiger partial charge in [-0.3, -0.25) is 0 Å². The van der Waals surface area contributed by atoms with Crippen molar-refractivity contribution in [3.8, 4) is 16.9 Å². The Labute approximate surface area is 310 Å². The summed E-state index contributed by atoms with van der Waals surface area (Å²) < 4.78 is 6.76. The quantitative estimate of drug-likeness (QED) is 0.200. The van der Waals surface area contributed by atoms with Crippen molar-refractivity contribution in [3.63, 3.8) is 0 Å². The topological polar surface area (TPSA) is 39.9 Å². The Morgan fingerprint density at radius 2 is 1.57 bits per heavy atom. The number of rotatable bonds is 4. The van der Waals surface area contributed by atoms with Crippen molar-refractivity contribution in [2.24, 2.45) is 5.92 Å². The molecule has 0 saturated carbocycles. The molecule has 53 heavy (non-hydrogen) atoms. The summed E-state index contributed by atoms with van der Waals surface area (Å²) in [5.74, 6) is 0.615. The molecular formula is C49H40N2O2. The Bertz CT molecular complexity index is 2610. The van der Waals surface area contributed by atoms with Gasteiger partial charge in [0.05, 0.1) is 5.69 Å². The molecule has 1 N–H and O–H groups in total. The van der Waals surface area contributed by atoms with E-state index in [1.807, 2.05) is 30.3 Å². The fourth-order valence-electron chi connectivity index (χ4n) is 8.04. The van der Waals surface area contributed by atoms with Crippen molar-refractivity contribution < 1.29 is 9.52 Å². The summed E-state index contributed by atoms with van der Waals surface area (Å²) in [7, 11) is 0. The summed E-state index contributed by atoms with van der Waals surface area (Å²) in [5, 5.41) is 12.7. The van der Waals surface area contributed by atoms with E-state index in [1.165, 1.54) is 11.3 Å². The van der Waals surface area contributed by atoms with Crippen LogP contribution in [0.1, 0.15) is 37.3 Å². The molecule has 1 aliphatic carbocycles. The van der Waals surface area contributed by atoms with E-state index in [0.29, 0.717) is 5.92 Å². The molecule has 4 heteroatoms. The molecule has 1 atom stereocenters. The third-order valence-electron chi connectivity index (χ3n) is 10.7. The number of hydrogen-bond acceptors (Lipinski definition) is 4. The van der Waals surface area contributed by atoms with E-state index in [2.05, 4.69) is 145 Å². The van der Waals surface area contributed by atoms with Crippen LogP contribution in [0.5, 0.6) is 5.75 Å². The Morgan fingerprint density at radius 1 is 0.736 bits per heavy atom. The second kappa shape index (κ2) is 13.2. The molecule has 0 fully saturated rings. The summed E-state index contributed by atoms with van der Waals surface area (Å²) in [6.07, 6.45) is 18.2. The standard InChI is InChI=1S/C49H40N2O2/c1-32-14-11-20-43-47(32)34(3)29-36(26-28-51(43)38-16-5-4-6-17-38)35-22-25-46-42(31-35)41-23-24-44-48(49(41)53-46)33(2)13-9-10-27-50(44)39-18-12-15-37(30-39)40-19-7-8-21-45(40)52/h4-8,10-12,15-32,52H,2-3,9,13-14H2,1H3/b27-10-,28-26-,36-29+. The van der Waals surface area contributed by atoms with Crippen molar-refractivity contribution >= 4 is 50.1 Å². The second-order valence-electron chi connectivity index (χ2n) is 14.1. The highest BCUT2D eigenvalue weighted by atomic mass is 16.3. The lowest BCUT2D eigenvalue weighted by molar-refractivity contribution is 0.477. The monoisotopic (exact) mass is 688 g/mol. The smallest absolute Gasteiger partial charge is 0.145 e. The normalized spacial score (nSPS) is 19.6. The van der Waals surface area contributed by atoms with Crippen molar-refractivity contribution in [1.82, 2.24) is 0 Å². The largest absolute Gasteiger partial charge is 0.507 e. The number of phenolic OH excluding ortho intramolecular Hbond substituents is 1. The maximum atomic E-state index is 10.6. The molecule has 1 aromatic heterocycles. The van der Waals surface area contributed by atoms with Crippen LogP contribution < -0.4 is 9.80 Å². The Balaban J connectivity index is 1.16. The summed E-state index contributed by atoms with van der Waals surface area (Å²) in [6.45, 7) is 11.5. The molecule has 5 aromatic carbocycles. The summed E-state index contributed by atoms with van der Waals surface area (Å²) in [4.78, 5) is 4.49. The molecule has 0 amide bonds. The minimum atomic E-state index is 0.260. The van der Waals surface area contributed by atoms with E-state index >= 15 is 0 Å². The summed E-state index contributed by atoms with van der Waals surface area (Å²) in [6, 6.07) is 37.1. The van der Waals surface area contributed by atoms with Gasteiger partial charge in [-0.05, 0) is 131 Å². The predicted molar refractivity (Wildman–Crippen MR) is 222 cm³/mol. The van der Waals surface area contributed by atoms with E-state index in [-0.39, 0.29) is 5.75 Å². The molecule has 258 valence electrons. The third-order valence-corrected chi connectivity index (χ3v) is 10.7. The fraction of sp³-hybridized carbons (Fsp3) is 0.102. The average Bonchev–Trinajstić information content (AvgIpc) is 3.54. The average molecular weight is 689 g/mol. The molecule has 0 bridgehead atoms. The zero-order valence-corrected chi connectivity index (χ0v) is 29.8. The highest BCUT2D eigenvalue weighted by Gasteiger charge is 2.25. The van der Waals surface area contributed by atoms with Gasteiger partial charge in [-0.15, -0.1) is 0 Å². The van der Waals surface area contributed by atoms with Crippen molar-refractivity contribution in [1.29, 1.82) is 0 Å². The predicted octanol–water partition coefficient (Wildman–Crippen LogP) is 13.2. The first kappa shape index (κ1) is 32.4. The third kappa shape index (κ3) is 5.73. The molecule has 3 aliphatic rings. The van der Waals surface area contributed by atoms with E-state index in [4.69, 9.17) is 4.42 Å². The van der Waals surface area contributed by atoms with E-state index in [1.54, 1.807) is 6.07 Å². The fourth-order valence-corrected chi connectivity index (χ4v) is 8.04. The van der Waals surface area contributed by atoms with Crippen LogP contribution in [0.25, 0.3) is 44.2 Å². The van der Waals surface area contributed by atoms with Crippen LogP contribution in [0.3, 0.4) is 0 Å². The lowest BCUT2D eigenvalue weighted by atomic mass is 9.84. The molecule has 0 saturated heterocycles. The number of nitrogens with zero attached hydrogens (tertiary/aromatic N) is 2. The lowest BCUT2D eigenvalue weighted by Gasteiger charge is -2.32. The Hall–Kier alpha value is -6.52. The van der Waals surface area contributed by atoms with Gasteiger partial charge in [0.15, 0.2) is 0 Å². The van der Waals surface area contributed by atoms with Crippen LogP contribution in [-0.2, 0) is 0 Å². The first-order valence-electron chi connectivity index (χ1n) is 18.3. The summed E-state index contributed by atoms with van der Waals surface area (Å²) in [5.41, 5.74) is 14.3. The molecule has 0 radical (unpaired) electrons. The first-order chi connectivity index (χ1) is 25.9. The molecule has 0 spiro atoms. The Morgan fingerprint density at radius 3 is 2.43 bits per heavy atom. The zero-order chi connectivity index (χ0) is 36.1. The maximum absolute atomic E-state index is 10.6. The SMILES string of the molecule is C=C1/C=C(c2ccc3oc4c5c(ccc4c3c2)N(c2cccc(-c3ccccc3O)c2)/C=C\CCC5=C)\C=C/N(c2ccccc2)C2=C1C(C)CC=C2. The molecule has 3 heterocycles. The second-order valence-corrected chi connectivity index (χ2v) is 14.1. The van der Waals surface area contributed by atoms with Gasteiger partial charge < -0.3 is 19.3 Å². The molecule has 2 aliphatic heterocycles. The van der Waals surface area contributed by atoms with Crippen LogP contribution in [-0.4, -0.2) is 5.11 Å². The number of aromatic hydroxyl groups is 1. The van der Waals surface area contributed by atoms with Crippen molar-refractivity contribution in [2.45, 2.75) is 26.2 Å². The van der Waals surface area contributed by atoms with Gasteiger partial charge in [0.1, 0.15) is 16.9 Å². The number of furan rings is 1. The van der Waals surface area contributed by atoms with Gasteiger partial charge in [-0.1, -0.05) is 86.8 Å². The Kier molecular flexibility index (Phi) is 8.08. The minimum absolute atomic E-state index is 0.260. The number of benzene rings is 5. The number of hydrogen-bond donors (Lipinski definition) is 1. The van der Waals surface area contributed by atoms with Gasteiger partial charge in [-0.2, -0.15) is 0 Å². The van der Waals surface area contributed by atoms with Crippen molar-refractivity contribution in [3.05, 3.63) is 193 Å². The van der Waals surface area contributed by atoms with E-state index in [9.17, 15) is 5.11 Å². The van der Waals surface area contributed by atoms with Crippen molar-refractivity contribution in [2.75, 3.05) is 9.80 Å². The molecular weight excluding hydrogens is 649 g/mol.